The van der Waals surface area contributed by atoms with E-state index in [9.17, 15) is 0 Å². The maximum atomic E-state index is 8.62. The van der Waals surface area contributed by atoms with Gasteiger partial charge in [-0.25, -0.2) is 0 Å². The van der Waals surface area contributed by atoms with Crippen molar-refractivity contribution in [1.29, 1.82) is 0 Å². The minimum Gasteiger partial charge on any atom is -0.494 e. The van der Waals surface area contributed by atoms with Gasteiger partial charge < -0.3 is 14.6 Å². The Kier molecular flexibility index (Phi) is 6.78. The van der Waals surface area contributed by atoms with E-state index in [1.165, 1.54) is 11.1 Å². The summed E-state index contributed by atoms with van der Waals surface area (Å²) < 4.78 is 11.0. The number of ether oxygens (including phenoxy) is 2. The number of aliphatic hydroxyl groups excluding tert-OH is 1. The van der Waals surface area contributed by atoms with Gasteiger partial charge in [0.1, 0.15) is 5.75 Å². The molecular weight excluding hydrogens is 264 g/mol. The van der Waals surface area contributed by atoms with Gasteiger partial charge in [0, 0.05) is 26.2 Å². The lowest BCUT2D eigenvalue weighted by Crippen LogP contribution is -2.04. The molecule has 0 aliphatic rings. The zero-order valence-corrected chi connectivity index (χ0v) is 12.2. The van der Waals surface area contributed by atoms with Crippen LogP contribution in [0.25, 0.3) is 11.1 Å². The van der Waals surface area contributed by atoms with Crippen molar-refractivity contribution in [3.05, 3.63) is 54.6 Å². The first-order valence-electron chi connectivity index (χ1n) is 7.37. The predicted molar refractivity (Wildman–Crippen MR) is 84.5 cm³/mol. The highest BCUT2D eigenvalue weighted by molar-refractivity contribution is 5.63. The Hall–Kier alpha value is -1.84. The Bertz CT molecular complexity index is 494. The van der Waals surface area contributed by atoms with Crippen LogP contribution in [-0.2, 0) is 4.74 Å². The van der Waals surface area contributed by atoms with Crippen LogP contribution in [0.2, 0.25) is 0 Å². The van der Waals surface area contributed by atoms with Gasteiger partial charge in [0.05, 0.1) is 6.61 Å². The van der Waals surface area contributed by atoms with Gasteiger partial charge in [-0.2, -0.15) is 0 Å². The van der Waals surface area contributed by atoms with Gasteiger partial charge in [-0.3, -0.25) is 0 Å². The van der Waals surface area contributed by atoms with Gasteiger partial charge in [0.15, 0.2) is 0 Å². The summed E-state index contributed by atoms with van der Waals surface area (Å²) in [5.41, 5.74) is 2.40. The molecule has 112 valence electrons. The highest BCUT2D eigenvalue weighted by Crippen LogP contribution is 2.22. The minimum atomic E-state index is 0.185. The van der Waals surface area contributed by atoms with E-state index < -0.39 is 0 Å². The second kappa shape index (κ2) is 9.16. The zero-order valence-electron chi connectivity index (χ0n) is 12.2. The van der Waals surface area contributed by atoms with Crippen molar-refractivity contribution >= 4 is 0 Å². The monoisotopic (exact) mass is 286 g/mol. The summed E-state index contributed by atoms with van der Waals surface area (Å²) in [7, 11) is 0. The Morgan fingerprint density at radius 3 is 2.10 bits per heavy atom. The van der Waals surface area contributed by atoms with E-state index in [0.717, 1.165) is 12.2 Å². The van der Waals surface area contributed by atoms with E-state index in [2.05, 4.69) is 24.3 Å². The molecule has 0 aliphatic heterocycles. The molecule has 1 N–H and O–H groups in total. The molecule has 21 heavy (non-hydrogen) atoms. The van der Waals surface area contributed by atoms with Gasteiger partial charge in [-0.1, -0.05) is 42.5 Å². The van der Waals surface area contributed by atoms with Crippen molar-refractivity contribution in [1.82, 2.24) is 0 Å². The number of benzene rings is 2. The number of rotatable bonds is 9. The molecule has 0 amide bonds. The molecule has 0 aliphatic carbocycles. The molecule has 0 spiro atoms. The number of hydrogen-bond donors (Lipinski definition) is 1. The number of aliphatic hydroxyl groups is 1. The van der Waals surface area contributed by atoms with Crippen LogP contribution in [0, 0.1) is 0 Å². The predicted octanol–water partition coefficient (Wildman–Crippen LogP) is 3.52. The van der Waals surface area contributed by atoms with Crippen LogP contribution < -0.4 is 4.74 Å². The van der Waals surface area contributed by atoms with Crippen molar-refractivity contribution in [2.24, 2.45) is 0 Å². The lowest BCUT2D eigenvalue weighted by molar-refractivity contribution is 0.104. The fraction of sp³-hybridized carbons (Fsp3) is 0.333. The van der Waals surface area contributed by atoms with Crippen LogP contribution in [0.1, 0.15) is 12.8 Å². The molecular formula is C18H22O3. The zero-order chi connectivity index (χ0) is 14.8. The highest BCUT2D eigenvalue weighted by atomic mass is 16.5. The first kappa shape index (κ1) is 15.5. The molecule has 0 fully saturated rings. The first-order chi connectivity index (χ1) is 10.4. The normalized spacial score (nSPS) is 10.5. The van der Waals surface area contributed by atoms with Crippen LogP contribution in [0.15, 0.2) is 54.6 Å². The summed E-state index contributed by atoms with van der Waals surface area (Å²) in [6.07, 6.45) is 1.55. The number of hydrogen-bond acceptors (Lipinski definition) is 3. The molecule has 0 atom stereocenters. The Balaban J connectivity index is 1.71. The molecule has 0 saturated heterocycles. The van der Waals surface area contributed by atoms with E-state index in [-0.39, 0.29) is 6.61 Å². The van der Waals surface area contributed by atoms with Gasteiger partial charge >= 0.3 is 0 Å². The SMILES string of the molecule is OCCCOCCCOc1ccc(-c2ccccc2)cc1. The third-order valence-corrected chi connectivity index (χ3v) is 3.11. The minimum absolute atomic E-state index is 0.185. The average Bonchev–Trinajstić information content (AvgIpc) is 2.55. The molecule has 0 saturated carbocycles. The maximum absolute atomic E-state index is 8.62. The van der Waals surface area contributed by atoms with Crippen LogP contribution in [-0.4, -0.2) is 31.5 Å². The summed E-state index contributed by atoms with van der Waals surface area (Å²) in [6, 6.07) is 18.4. The Morgan fingerprint density at radius 2 is 1.38 bits per heavy atom. The molecule has 2 aromatic rings. The molecule has 0 aromatic heterocycles. The van der Waals surface area contributed by atoms with E-state index in [0.29, 0.717) is 26.2 Å². The molecule has 2 aromatic carbocycles. The van der Waals surface area contributed by atoms with Crippen molar-refractivity contribution in [2.45, 2.75) is 12.8 Å². The maximum Gasteiger partial charge on any atom is 0.119 e. The first-order valence-corrected chi connectivity index (χ1v) is 7.37. The molecule has 3 heteroatoms. The summed E-state index contributed by atoms with van der Waals surface area (Å²) in [6.45, 7) is 2.11. The van der Waals surface area contributed by atoms with Gasteiger partial charge in [0.25, 0.3) is 0 Å². The lowest BCUT2D eigenvalue weighted by atomic mass is 10.1. The average molecular weight is 286 g/mol. The van der Waals surface area contributed by atoms with Crippen LogP contribution >= 0.6 is 0 Å². The third-order valence-electron chi connectivity index (χ3n) is 3.11. The van der Waals surface area contributed by atoms with Crippen LogP contribution in [0.3, 0.4) is 0 Å². The van der Waals surface area contributed by atoms with Crippen LogP contribution in [0.5, 0.6) is 5.75 Å². The molecule has 3 nitrogen and oxygen atoms in total. The quantitative estimate of drug-likeness (QED) is 0.717. The van der Waals surface area contributed by atoms with Crippen molar-refractivity contribution in [3.8, 4) is 16.9 Å². The highest BCUT2D eigenvalue weighted by Gasteiger charge is 1.98. The van der Waals surface area contributed by atoms with E-state index >= 15 is 0 Å². The van der Waals surface area contributed by atoms with Gasteiger partial charge in [-0.05, 0) is 29.7 Å². The fourth-order valence-electron chi connectivity index (χ4n) is 1.99. The van der Waals surface area contributed by atoms with Crippen LogP contribution in [0.4, 0.5) is 0 Å². The topological polar surface area (TPSA) is 38.7 Å². The third kappa shape index (κ3) is 5.58. The fourth-order valence-corrected chi connectivity index (χ4v) is 1.99. The molecule has 0 unspecified atom stereocenters. The Morgan fingerprint density at radius 1 is 0.714 bits per heavy atom. The van der Waals surface area contributed by atoms with Crippen molar-refractivity contribution in [3.63, 3.8) is 0 Å². The van der Waals surface area contributed by atoms with E-state index in [4.69, 9.17) is 14.6 Å². The van der Waals surface area contributed by atoms with E-state index in [1.54, 1.807) is 0 Å². The van der Waals surface area contributed by atoms with E-state index in [1.807, 2.05) is 30.3 Å². The van der Waals surface area contributed by atoms with Gasteiger partial charge in [0.2, 0.25) is 0 Å². The summed E-state index contributed by atoms with van der Waals surface area (Å²) in [4.78, 5) is 0. The summed E-state index contributed by atoms with van der Waals surface area (Å²) in [5, 5.41) is 8.62. The van der Waals surface area contributed by atoms with Crippen molar-refractivity contribution < 1.29 is 14.6 Å². The van der Waals surface area contributed by atoms with Crippen molar-refractivity contribution in [2.75, 3.05) is 26.4 Å². The smallest absolute Gasteiger partial charge is 0.119 e. The Labute approximate surface area is 126 Å². The summed E-state index contributed by atoms with van der Waals surface area (Å²) >= 11 is 0. The summed E-state index contributed by atoms with van der Waals surface area (Å²) in [5.74, 6) is 0.880. The standard InChI is InChI=1S/C18H22O3/c19-12-4-13-20-14-5-15-21-18-10-8-17(9-11-18)16-6-2-1-3-7-16/h1-3,6-11,19H,4-5,12-15H2. The largest absolute Gasteiger partial charge is 0.494 e. The molecule has 2 rings (SSSR count). The lowest BCUT2D eigenvalue weighted by Gasteiger charge is -2.08. The molecule has 0 radical (unpaired) electrons. The molecule has 0 heterocycles. The van der Waals surface area contributed by atoms with Gasteiger partial charge in [-0.15, -0.1) is 0 Å². The molecule has 0 bridgehead atoms. The second-order valence-electron chi connectivity index (χ2n) is 4.78. The second-order valence-corrected chi connectivity index (χ2v) is 4.78.